The lowest BCUT2D eigenvalue weighted by atomic mass is 10.1. The average molecular weight is 514 g/mol. The first-order valence-corrected chi connectivity index (χ1v) is 10.7. The molecule has 5 nitrogen and oxygen atoms in total. The first kappa shape index (κ1) is 23.1. The molecule has 1 N–H and O–H groups in total. The molecule has 1 saturated heterocycles. The first-order valence-electron chi connectivity index (χ1n) is 9.65. The van der Waals surface area contributed by atoms with Crippen LogP contribution < -0.4 is 5.32 Å². The smallest absolute Gasteiger partial charge is 0.226 e. The van der Waals surface area contributed by atoms with E-state index >= 15 is 0 Å². The Kier molecular flexibility index (Phi) is 9.14. The molecule has 2 aromatic rings. The highest BCUT2D eigenvalue weighted by Gasteiger charge is 2.24. The second kappa shape index (κ2) is 11.1. The number of aromatic nitrogens is 1. The van der Waals surface area contributed by atoms with Gasteiger partial charge in [0.2, 0.25) is 5.89 Å². The Bertz CT molecular complexity index is 760. The number of hydrogen-bond donors (Lipinski definition) is 1. The Hall–Kier alpha value is -1.22. The number of aryl methyl sites for hydroxylation is 1. The highest BCUT2D eigenvalue weighted by Crippen LogP contribution is 2.25. The van der Waals surface area contributed by atoms with E-state index < -0.39 is 0 Å². The van der Waals surface area contributed by atoms with Crippen LogP contribution in [0.15, 0.2) is 39.9 Å². The molecule has 3 rings (SSSR count). The zero-order valence-electron chi connectivity index (χ0n) is 17.1. The third kappa shape index (κ3) is 6.14. The Balaban J connectivity index is 0.00000280. The van der Waals surface area contributed by atoms with Gasteiger partial charge in [-0.2, -0.15) is 11.8 Å². The SMILES string of the molecule is CN=C(NCCc1coc(-c2ccc(C)cc2)n1)N1CCSC(C(C)C)C1.I. The van der Waals surface area contributed by atoms with Crippen LogP contribution in [0, 0.1) is 12.8 Å². The van der Waals surface area contributed by atoms with E-state index in [1.54, 1.807) is 6.26 Å². The van der Waals surface area contributed by atoms with Gasteiger partial charge in [-0.15, -0.1) is 24.0 Å². The van der Waals surface area contributed by atoms with Crippen LogP contribution in [-0.2, 0) is 6.42 Å². The van der Waals surface area contributed by atoms with Crippen molar-refractivity contribution in [2.45, 2.75) is 32.4 Å². The molecular formula is C21H31IN4OS. The topological polar surface area (TPSA) is 53.7 Å². The van der Waals surface area contributed by atoms with E-state index in [-0.39, 0.29) is 24.0 Å². The largest absolute Gasteiger partial charge is 0.444 e. The second-order valence-corrected chi connectivity index (χ2v) is 8.68. The van der Waals surface area contributed by atoms with E-state index in [0.29, 0.717) is 17.1 Å². The van der Waals surface area contributed by atoms with E-state index in [0.717, 1.165) is 49.0 Å². The zero-order valence-corrected chi connectivity index (χ0v) is 20.3. The molecule has 2 heterocycles. The molecule has 0 radical (unpaired) electrons. The molecule has 7 heteroatoms. The molecule has 0 bridgehead atoms. The van der Waals surface area contributed by atoms with Crippen LogP contribution in [0.5, 0.6) is 0 Å². The van der Waals surface area contributed by atoms with Crippen molar-refractivity contribution in [2.24, 2.45) is 10.9 Å². The van der Waals surface area contributed by atoms with Crippen molar-refractivity contribution in [2.75, 3.05) is 32.4 Å². The summed E-state index contributed by atoms with van der Waals surface area (Å²) in [6.45, 7) is 9.58. The minimum absolute atomic E-state index is 0. The van der Waals surface area contributed by atoms with E-state index in [1.165, 1.54) is 5.56 Å². The van der Waals surface area contributed by atoms with Crippen molar-refractivity contribution in [1.29, 1.82) is 0 Å². The Morgan fingerprint density at radius 1 is 1.36 bits per heavy atom. The fourth-order valence-electron chi connectivity index (χ4n) is 3.16. The van der Waals surface area contributed by atoms with Crippen molar-refractivity contribution in [3.05, 3.63) is 41.8 Å². The number of rotatable bonds is 5. The number of guanidine groups is 1. The summed E-state index contributed by atoms with van der Waals surface area (Å²) >= 11 is 2.08. The van der Waals surface area contributed by atoms with Crippen molar-refractivity contribution >= 4 is 41.7 Å². The number of hydrogen-bond acceptors (Lipinski definition) is 4. The summed E-state index contributed by atoms with van der Waals surface area (Å²) in [4.78, 5) is 11.5. The molecule has 1 atom stereocenters. The molecule has 1 unspecified atom stereocenters. The fourth-order valence-corrected chi connectivity index (χ4v) is 4.46. The van der Waals surface area contributed by atoms with Crippen LogP contribution in [0.3, 0.4) is 0 Å². The van der Waals surface area contributed by atoms with Crippen LogP contribution >= 0.6 is 35.7 Å². The number of thioether (sulfide) groups is 1. The number of nitrogens with one attached hydrogen (secondary N) is 1. The van der Waals surface area contributed by atoms with Crippen LogP contribution in [0.4, 0.5) is 0 Å². The molecule has 154 valence electrons. The van der Waals surface area contributed by atoms with Gasteiger partial charge in [0.15, 0.2) is 5.96 Å². The second-order valence-electron chi connectivity index (χ2n) is 7.33. The minimum Gasteiger partial charge on any atom is -0.444 e. The Morgan fingerprint density at radius 3 is 2.79 bits per heavy atom. The summed E-state index contributed by atoms with van der Waals surface area (Å²) in [5.41, 5.74) is 3.21. The summed E-state index contributed by atoms with van der Waals surface area (Å²) in [6.07, 6.45) is 2.57. The summed E-state index contributed by atoms with van der Waals surface area (Å²) in [7, 11) is 1.86. The predicted molar refractivity (Wildman–Crippen MR) is 130 cm³/mol. The lowest BCUT2D eigenvalue weighted by molar-refractivity contribution is 0.381. The van der Waals surface area contributed by atoms with Crippen molar-refractivity contribution < 1.29 is 4.42 Å². The van der Waals surface area contributed by atoms with Gasteiger partial charge in [-0.3, -0.25) is 4.99 Å². The number of benzene rings is 1. The molecule has 0 saturated carbocycles. The van der Waals surface area contributed by atoms with Gasteiger partial charge in [0, 0.05) is 49.7 Å². The molecule has 0 spiro atoms. The van der Waals surface area contributed by atoms with Gasteiger partial charge >= 0.3 is 0 Å². The maximum Gasteiger partial charge on any atom is 0.226 e. The maximum absolute atomic E-state index is 5.65. The van der Waals surface area contributed by atoms with Gasteiger partial charge in [0.05, 0.1) is 5.69 Å². The fraction of sp³-hybridized carbons (Fsp3) is 0.524. The monoisotopic (exact) mass is 514 g/mol. The normalized spacial score (nSPS) is 17.5. The number of oxazole rings is 1. The van der Waals surface area contributed by atoms with Crippen LogP contribution in [-0.4, -0.2) is 53.5 Å². The van der Waals surface area contributed by atoms with E-state index in [2.05, 4.69) is 64.9 Å². The van der Waals surface area contributed by atoms with Crippen molar-refractivity contribution in [3.63, 3.8) is 0 Å². The lowest BCUT2D eigenvalue weighted by Gasteiger charge is -2.36. The molecule has 0 aliphatic carbocycles. The highest BCUT2D eigenvalue weighted by molar-refractivity contribution is 14.0. The molecule has 0 amide bonds. The summed E-state index contributed by atoms with van der Waals surface area (Å²) in [6, 6.07) is 8.24. The maximum atomic E-state index is 5.65. The Morgan fingerprint density at radius 2 is 2.11 bits per heavy atom. The van der Waals surface area contributed by atoms with Gasteiger partial charge in [-0.05, 0) is 25.0 Å². The van der Waals surface area contributed by atoms with Gasteiger partial charge < -0.3 is 14.6 Å². The predicted octanol–water partition coefficient (Wildman–Crippen LogP) is 4.46. The van der Waals surface area contributed by atoms with E-state index in [9.17, 15) is 0 Å². The number of halogens is 1. The van der Waals surface area contributed by atoms with Gasteiger partial charge in [-0.1, -0.05) is 31.5 Å². The Labute approximate surface area is 189 Å². The molecule has 1 aliphatic heterocycles. The number of nitrogens with zero attached hydrogens (tertiary/aromatic N) is 3. The molecule has 1 fully saturated rings. The number of aliphatic imine (C=N–C) groups is 1. The molecular weight excluding hydrogens is 483 g/mol. The van der Waals surface area contributed by atoms with E-state index in [4.69, 9.17) is 4.42 Å². The van der Waals surface area contributed by atoms with Crippen LogP contribution in [0.25, 0.3) is 11.5 Å². The van der Waals surface area contributed by atoms with Crippen LogP contribution in [0.1, 0.15) is 25.1 Å². The lowest BCUT2D eigenvalue weighted by Crippen LogP contribution is -2.49. The molecule has 1 aliphatic rings. The first-order chi connectivity index (χ1) is 13.1. The summed E-state index contributed by atoms with van der Waals surface area (Å²) in [5, 5.41) is 4.16. The van der Waals surface area contributed by atoms with Gasteiger partial charge in [-0.25, -0.2) is 4.98 Å². The standard InChI is InChI=1S/C21H30N4OS.HI/c1-15(2)19-13-25(11-12-27-19)21(22-4)23-10-9-18-14-26-20(24-18)17-7-5-16(3)6-8-17;/h5-8,14-15,19H,9-13H2,1-4H3,(H,22,23);1H. The molecule has 28 heavy (non-hydrogen) atoms. The quantitative estimate of drug-likeness (QED) is 0.363. The molecule has 1 aromatic heterocycles. The third-order valence-electron chi connectivity index (χ3n) is 4.86. The van der Waals surface area contributed by atoms with Crippen LogP contribution in [0.2, 0.25) is 0 Å². The van der Waals surface area contributed by atoms with Crippen molar-refractivity contribution in [1.82, 2.24) is 15.2 Å². The van der Waals surface area contributed by atoms with Gasteiger partial charge in [0.25, 0.3) is 0 Å². The summed E-state index contributed by atoms with van der Waals surface area (Å²) in [5.74, 6) is 3.52. The van der Waals surface area contributed by atoms with Crippen molar-refractivity contribution in [3.8, 4) is 11.5 Å². The summed E-state index contributed by atoms with van der Waals surface area (Å²) < 4.78 is 5.65. The third-order valence-corrected chi connectivity index (χ3v) is 6.40. The van der Waals surface area contributed by atoms with E-state index in [1.807, 2.05) is 19.2 Å². The average Bonchev–Trinajstić information content (AvgIpc) is 3.15. The highest BCUT2D eigenvalue weighted by atomic mass is 127. The van der Waals surface area contributed by atoms with Gasteiger partial charge in [0.1, 0.15) is 6.26 Å². The molecule has 1 aromatic carbocycles. The zero-order chi connectivity index (χ0) is 19.2. The minimum atomic E-state index is 0.